The molecule has 1 rings (SSSR count). The van der Waals surface area contributed by atoms with E-state index in [2.05, 4.69) is 0 Å². The fourth-order valence-corrected chi connectivity index (χ4v) is 0.981. The first kappa shape index (κ1) is 9.45. The van der Waals surface area contributed by atoms with Crippen LogP contribution < -0.4 is 5.73 Å². The van der Waals surface area contributed by atoms with Crippen molar-refractivity contribution in [3.63, 3.8) is 0 Å². The molecule has 1 aliphatic carbocycles. The summed E-state index contributed by atoms with van der Waals surface area (Å²) in [7, 11) is 0. The van der Waals surface area contributed by atoms with Gasteiger partial charge in [-0.25, -0.2) is 0 Å². The van der Waals surface area contributed by atoms with Crippen molar-refractivity contribution in [2.45, 2.75) is 17.5 Å². The first-order chi connectivity index (χ1) is 5.35. The molecule has 1 atom stereocenters. The molecular weight excluding hydrogens is 191 g/mol. The molecule has 0 aromatic heterocycles. The van der Waals surface area contributed by atoms with E-state index < -0.39 is 11.1 Å². The molecule has 0 aliphatic heterocycles. The Kier molecular flexibility index (Phi) is 2.12. The Hall–Kier alpha value is -0.640. The third-order valence-corrected chi connectivity index (χ3v) is 2.14. The molecule has 0 fully saturated rings. The predicted molar refractivity (Wildman–Crippen MR) is 40.7 cm³/mol. The number of alkyl halides is 4. The maximum Gasteiger partial charge on any atom is 0.411 e. The lowest BCUT2D eigenvalue weighted by atomic mass is 9.98. The van der Waals surface area contributed by atoms with Gasteiger partial charge in [-0.3, -0.25) is 0 Å². The van der Waals surface area contributed by atoms with Gasteiger partial charge >= 0.3 is 6.18 Å². The SMILES string of the molecule is NC1=CCC(Cl)(C(F)(F)F)C=C1. The average Bonchev–Trinajstić information content (AvgIpc) is 1.93. The van der Waals surface area contributed by atoms with Gasteiger partial charge in [0.15, 0.2) is 4.87 Å². The summed E-state index contributed by atoms with van der Waals surface area (Å²) in [6.45, 7) is 0. The fraction of sp³-hybridized carbons (Fsp3) is 0.429. The van der Waals surface area contributed by atoms with Gasteiger partial charge < -0.3 is 5.73 Å². The molecule has 0 spiro atoms. The largest absolute Gasteiger partial charge is 0.411 e. The van der Waals surface area contributed by atoms with Crippen LogP contribution in [-0.4, -0.2) is 11.1 Å². The molecule has 0 saturated heterocycles. The van der Waals surface area contributed by atoms with Crippen molar-refractivity contribution in [3.8, 4) is 0 Å². The van der Waals surface area contributed by atoms with Gasteiger partial charge in [0.2, 0.25) is 0 Å². The zero-order chi connectivity index (χ0) is 9.41. The van der Waals surface area contributed by atoms with E-state index >= 15 is 0 Å². The van der Waals surface area contributed by atoms with Crippen molar-refractivity contribution in [3.05, 3.63) is 23.9 Å². The Morgan fingerprint density at radius 2 is 2.08 bits per heavy atom. The molecule has 0 aromatic carbocycles. The summed E-state index contributed by atoms with van der Waals surface area (Å²) in [5.41, 5.74) is 5.56. The van der Waals surface area contributed by atoms with Crippen LogP contribution in [0, 0.1) is 0 Å². The Bertz CT molecular complexity index is 244. The number of hydrogen-bond acceptors (Lipinski definition) is 1. The minimum atomic E-state index is -4.43. The highest BCUT2D eigenvalue weighted by Crippen LogP contribution is 2.42. The van der Waals surface area contributed by atoms with E-state index in [0.717, 1.165) is 6.08 Å². The first-order valence-electron chi connectivity index (χ1n) is 3.26. The molecule has 1 unspecified atom stereocenters. The summed E-state index contributed by atoms with van der Waals surface area (Å²) in [6.07, 6.45) is -1.42. The van der Waals surface area contributed by atoms with Crippen molar-refractivity contribution in [2.75, 3.05) is 0 Å². The molecule has 0 amide bonds. The molecule has 0 heterocycles. The van der Waals surface area contributed by atoms with Crippen LogP contribution in [0.25, 0.3) is 0 Å². The van der Waals surface area contributed by atoms with Crippen molar-refractivity contribution < 1.29 is 13.2 Å². The second-order valence-electron chi connectivity index (χ2n) is 2.60. The van der Waals surface area contributed by atoms with E-state index in [1.54, 1.807) is 0 Å². The zero-order valence-corrected chi connectivity index (χ0v) is 6.78. The number of nitrogens with two attached hydrogens (primary N) is 1. The second kappa shape index (κ2) is 2.69. The van der Waals surface area contributed by atoms with Gasteiger partial charge in [-0.1, -0.05) is 12.2 Å². The normalized spacial score (nSPS) is 30.2. The van der Waals surface area contributed by atoms with Gasteiger partial charge in [0.05, 0.1) is 0 Å². The number of halogens is 4. The third kappa shape index (κ3) is 1.58. The summed E-state index contributed by atoms with van der Waals surface area (Å²) in [5, 5.41) is 0. The molecule has 68 valence electrons. The van der Waals surface area contributed by atoms with Crippen LogP contribution in [-0.2, 0) is 0 Å². The second-order valence-corrected chi connectivity index (χ2v) is 3.28. The smallest absolute Gasteiger partial charge is 0.399 e. The van der Waals surface area contributed by atoms with Crippen molar-refractivity contribution >= 4 is 11.6 Å². The number of hydrogen-bond donors (Lipinski definition) is 1. The van der Waals surface area contributed by atoms with E-state index in [1.807, 2.05) is 0 Å². The van der Waals surface area contributed by atoms with Gasteiger partial charge in [-0.15, -0.1) is 11.6 Å². The molecule has 0 bridgehead atoms. The summed E-state index contributed by atoms with van der Waals surface area (Å²) < 4.78 is 36.6. The van der Waals surface area contributed by atoms with Gasteiger partial charge in [0.25, 0.3) is 0 Å². The van der Waals surface area contributed by atoms with E-state index in [1.165, 1.54) is 12.2 Å². The molecule has 1 aliphatic rings. The third-order valence-electron chi connectivity index (χ3n) is 1.65. The van der Waals surface area contributed by atoms with Crippen LogP contribution in [0.3, 0.4) is 0 Å². The van der Waals surface area contributed by atoms with Crippen LogP contribution in [0.5, 0.6) is 0 Å². The van der Waals surface area contributed by atoms with Crippen LogP contribution in [0.1, 0.15) is 6.42 Å². The standard InChI is InChI=1S/C7H7ClF3N/c8-6(7(9,10)11)3-1-5(12)2-4-6/h1-3H,4,12H2. The van der Waals surface area contributed by atoms with Gasteiger partial charge in [0, 0.05) is 5.70 Å². The highest BCUT2D eigenvalue weighted by molar-refractivity contribution is 6.26. The minimum Gasteiger partial charge on any atom is -0.399 e. The Morgan fingerprint density at radius 1 is 1.50 bits per heavy atom. The van der Waals surface area contributed by atoms with Crippen molar-refractivity contribution in [2.24, 2.45) is 5.73 Å². The van der Waals surface area contributed by atoms with Gasteiger partial charge in [-0.2, -0.15) is 13.2 Å². The summed E-state index contributed by atoms with van der Waals surface area (Å²) in [5.74, 6) is 0. The highest BCUT2D eigenvalue weighted by atomic mass is 35.5. The van der Waals surface area contributed by atoms with E-state index in [9.17, 15) is 13.2 Å². The molecular formula is C7H7ClF3N. The summed E-state index contributed by atoms with van der Waals surface area (Å²) >= 11 is 5.30. The predicted octanol–water partition coefficient (Wildman–Crippen LogP) is 2.33. The van der Waals surface area contributed by atoms with Crippen LogP contribution >= 0.6 is 11.6 Å². The maximum atomic E-state index is 12.2. The molecule has 0 radical (unpaired) electrons. The van der Waals surface area contributed by atoms with E-state index in [0.29, 0.717) is 5.70 Å². The highest BCUT2D eigenvalue weighted by Gasteiger charge is 2.51. The Balaban J connectivity index is 2.86. The Labute approximate surface area is 72.7 Å². The monoisotopic (exact) mass is 197 g/mol. The quantitative estimate of drug-likeness (QED) is 0.593. The lowest BCUT2D eigenvalue weighted by molar-refractivity contribution is -0.149. The lowest BCUT2D eigenvalue weighted by Crippen LogP contribution is -2.38. The summed E-state index contributed by atoms with van der Waals surface area (Å²) in [6, 6.07) is 0. The van der Waals surface area contributed by atoms with Crippen LogP contribution in [0.15, 0.2) is 23.9 Å². The maximum absolute atomic E-state index is 12.2. The summed E-state index contributed by atoms with van der Waals surface area (Å²) in [4.78, 5) is -2.27. The fourth-order valence-electron chi connectivity index (χ4n) is 0.841. The Morgan fingerprint density at radius 3 is 2.42 bits per heavy atom. The van der Waals surface area contributed by atoms with E-state index in [-0.39, 0.29) is 6.42 Å². The van der Waals surface area contributed by atoms with Crippen LogP contribution in [0.4, 0.5) is 13.2 Å². The van der Waals surface area contributed by atoms with Crippen LogP contribution in [0.2, 0.25) is 0 Å². The molecule has 12 heavy (non-hydrogen) atoms. The minimum absolute atomic E-state index is 0.305. The molecule has 2 N–H and O–H groups in total. The van der Waals surface area contributed by atoms with Crippen molar-refractivity contribution in [1.82, 2.24) is 0 Å². The zero-order valence-electron chi connectivity index (χ0n) is 6.03. The molecule has 5 heteroatoms. The molecule has 0 aromatic rings. The average molecular weight is 198 g/mol. The van der Waals surface area contributed by atoms with Gasteiger partial charge in [0.1, 0.15) is 0 Å². The number of rotatable bonds is 0. The first-order valence-corrected chi connectivity index (χ1v) is 3.63. The molecule has 0 saturated carbocycles. The number of allylic oxidation sites excluding steroid dienone is 3. The lowest BCUT2D eigenvalue weighted by Gasteiger charge is -2.27. The molecule has 1 nitrogen and oxygen atoms in total. The van der Waals surface area contributed by atoms with Crippen molar-refractivity contribution in [1.29, 1.82) is 0 Å². The van der Waals surface area contributed by atoms with E-state index in [4.69, 9.17) is 17.3 Å². The topological polar surface area (TPSA) is 26.0 Å². The van der Waals surface area contributed by atoms with Gasteiger partial charge in [-0.05, 0) is 12.5 Å².